The third kappa shape index (κ3) is 2.78. The summed E-state index contributed by atoms with van der Waals surface area (Å²) in [7, 11) is 0. The Kier molecular flexibility index (Phi) is 3.30. The van der Waals surface area contributed by atoms with Crippen molar-refractivity contribution in [1.29, 1.82) is 0 Å². The average molecular weight is 230 g/mol. The first-order chi connectivity index (χ1) is 8.29. The number of hydrogen-bond acceptors (Lipinski definition) is 4. The van der Waals surface area contributed by atoms with Gasteiger partial charge in [-0.1, -0.05) is 30.3 Å². The largest absolute Gasteiger partial charge is 0.489 e. The molecule has 5 nitrogen and oxygen atoms in total. The highest BCUT2D eigenvalue weighted by molar-refractivity contribution is 5.20. The van der Waals surface area contributed by atoms with Crippen molar-refractivity contribution in [2.75, 3.05) is 5.84 Å². The fraction of sp³-hybridized carbons (Fsp3) is 0.0833. The molecule has 0 saturated heterocycles. The van der Waals surface area contributed by atoms with E-state index in [9.17, 15) is 0 Å². The molecule has 1 aromatic heterocycles. The Labute approximate surface area is 98.9 Å². The molecular weight excluding hydrogens is 216 g/mol. The minimum atomic E-state index is 0.454. The number of rotatable bonds is 3. The summed E-state index contributed by atoms with van der Waals surface area (Å²) in [5.41, 5.74) is 1.55. The van der Waals surface area contributed by atoms with E-state index in [0.717, 1.165) is 5.56 Å². The van der Waals surface area contributed by atoms with Gasteiger partial charge in [-0.25, -0.2) is 0 Å². The Bertz CT molecular complexity index is 548. The summed E-state index contributed by atoms with van der Waals surface area (Å²) >= 11 is 0. The van der Waals surface area contributed by atoms with Crippen LogP contribution < -0.4 is 21.9 Å². The Morgan fingerprint density at radius 1 is 1.18 bits per heavy atom. The Morgan fingerprint density at radius 3 is 2.65 bits per heavy atom. The van der Waals surface area contributed by atoms with Crippen LogP contribution >= 0.6 is 0 Å². The minimum absolute atomic E-state index is 0.454. The maximum atomic E-state index is 5.61. The molecule has 0 saturated carbocycles. The molecule has 0 aliphatic rings. The molecular formula is C12H14N4O. The van der Waals surface area contributed by atoms with Gasteiger partial charge in [-0.15, -0.1) is 0 Å². The van der Waals surface area contributed by atoms with E-state index in [0.29, 0.717) is 17.8 Å². The van der Waals surface area contributed by atoms with Crippen molar-refractivity contribution in [1.82, 2.24) is 4.68 Å². The normalized spacial score (nSPS) is 11.4. The zero-order valence-corrected chi connectivity index (χ0v) is 9.28. The fourth-order valence-electron chi connectivity index (χ4n) is 1.41. The van der Waals surface area contributed by atoms with Gasteiger partial charge in [0.05, 0.1) is 0 Å². The predicted octanol–water partition coefficient (Wildman–Crippen LogP) is 0.555. The lowest BCUT2D eigenvalue weighted by Gasteiger charge is -2.07. The number of nitrogens with zero attached hydrogens (tertiary/aromatic N) is 2. The average Bonchev–Trinajstić information content (AvgIpc) is 2.39. The minimum Gasteiger partial charge on any atom is -0.489 e. The molecule has 2 rings (SSSR count). The molecule has 0 aliphatic carbocycles. The van der Waals surface area contributed by atoms with Gasteiger partial charge >= 0.3 is 0 Å². The van der Waals surface area contributed by atoms with Crippen molar-refractivity contribution < 1.29 is 4.74 Å². The number of nitrogen functional groups attached to an aromatic ring is 1. The van der Waals surface area contributed by atoms with Crippen LogP contribution in [0, 0.1) is 0 Å². The van der Waals surface area contributed by atoms with Crippen LogP contribution in [0.15, 0.2) is 53.8 Å². The van der Waals surface area contributed by atoms with E-state index in [4.69, 9.17) is 16.4 Å². The van der Waals surface area contributed by atoms with E-state index in [1.54, 1.807) is 18.3 Å². The van der Waals surface area contributed by atoms with Crippen molar-refractivity contribution in [2.45, 2.75) is 6.61 Å². The van der Waals surface area contributed by atoms with Gasteiger partial charge in [-0.05, 0) is 11.6 Å². The summed E-state index contributed by atoms with van der Waals surface area (Å²) in [4.78, 5) is 0. The molecule has 5 heteroatoms. The van der Waals surface area contributed by atoms with Gasteiger partial charge in [0.2, 0.25) is 0 Å². The summed E-state index contributed by atoms with van der Waals surface area (Å²) in [6.45, 7) is 0.499. The predicted molar refractivity (Wildman–Crippen MR) is 65.1 cm³/mol. The lowest BCUT2D eigenvalue weighted by Crippen LogP contribution is -2.28. The van der Waals surface area contributed by atoms with E-state index < -0.39 is 0 Å². The highest BCUT2D eigenvalue weighted by atomic mass is 16.5. The van der Waals surface area contributed by atoms with Crippen LogP contribution in [0.5, 0.6) is 5.75 Å². The lowest BCUT2D eigenvalue weighted by atomic mass is 10.2. The summed E-state index contributed by atoms with van der Waals surface area (Å²) in [6.07, 6.45) is 1.64. The molecule has 0 amide bonds. The second-order valence-corrected chi connectivity index (χ2v) is 3.53. The van der Waals surface area contributed by atoms with E-state index in [2.05, 4.69) is 5.10 Å². The Morgan fingerprint density at radius 2 is 1.94 bits per heavy atom. The first-order valence-corrected chi connectivity index (χ1v) is 5.18. The van der Waals surface area contributed by atoms with Gasteiger partial charge in [0.25, 0.3) is 0 Å². The maximum Gasteiger partial charge on any atom is 0.173 e. The summed E-state index contributed by atoms with van der Waals surface area (Å²) in [5.74, 6) is 11.5. The number of pyridine rings is 1. The van der Waals surface area contributed by atoms with Crippen LogP contribution in [-0.2, 0) is 6.61 Å². The molecule has 17 heavy (non-hydrogen) atoms. The standard InChI is InChI=1S/C12H14N4O/c13-15-12-8-11(6-7-16(12)14)17-9-10-4-2-1-3-5-10/h1-8H,9,13-14H2/b15-12-. The van der Waals surface area contributed by atoms with Crippen LogP contribution in [-0.4, -0.2) is 4.68 Å². The van der Waals surface area contributed by atoms with Gasteiger partial charge in [0.15, 0.2) is 5.49 Å². The van der Waals surface area contributed by atoms with E-state index >= 15 is 0 Å². The number of aromatic nitrogens is 1. The number of benzene rings is 1. The molecule has 4 N–H and O–H groups in total. The molecule has 88 valence electrons. The highest BCUT2D eigenvalue weighted by Crippen LogP contribution is 2.08. The van der Waals surface area contributed by atoms with E-state index in [-0.39, 0.29) is 0 Å². The molecule has 0 spiro atoms. The van der Waals surface area contributed by atoms with Crippen molar-refractivity contribution in [3.8, 4) is 5.75 Å². The van der Waals surface area contributed by atoms with Crippen molar-refractivity contribution in [3.05, 3.63) is 59.7 Å². The summed E-state index contributed by atoms with van der Waals surface area (Å²) in [6, 6.07) is 13.4. The van der Waals surface area contributed by atoms with Crippen molar-refractivity contribution in [2.24, 2.45) is 10.9 Å². The van der Waals surface area contributed by atoms with Gasteiger partial charge in [-0.2, -0.15) is 5.10 Å². The third-order valence-corrected chi connectivity index (χ3v) is 2.32. The van der Waals surface area contributed by atoms with Gasteiger partial charge in [0, 0.05) is 12.3 Å². The smallest absolute Gasteiger partial charge is 0.173 e. The zero-order chi connectivity index (χ0) is 12.1. The molecule has 1 aromatic carbocycles. The number of ether oxygens (including phenoxy) is 1. The van der Waals surface area contributed by atoms with Crippen LogP contribution in [0.4, 0.5) is 0 Å². The molecule has 0 radical (unpaired) electrons. The molecule has 0 atom stereocenters. The monoisotopic (exact) mass is 230 g/mol. The highest BCUT2D eigenvalue weighted by Gasteiger charge is 1.97. The first kappa shape index (κ1) is 11.1. The number of hydrogen-bond donors (Lipinski definition) is 2. The van der Waals surface area contributed by atoms with Gasteiger partial charge in [-0.3, -0.25) is 4.68 Å². The fourth-order valence-corrected chi connectivity index (χ4v) is 1.41. The molecule has 0 bridgehead atoms. The van der Waals surface area contributed by atoms with Crippen LogP contribution in [0.2, 0.25) is 0 Å². The maximum absolute atomic E-state index is 5.61. The quantitative estimate of drug-likeness (QED) is 0.597. The summed E-state index contributed by atoms with van der Waals surface area (Å²) < 4.78 is 6.93. The van der Waals surface area contributed by atoms with Crippen molar-refractivity contribution >= 4 is 0 Å². The van der Waals surface area contributed by atoms with Gasteiger partial charge in [0.1, 0.15) is 12.4 Å². The second-order valence-electron chi connectivity index (χ2n) is 3.53. The van der Waals surface area contributed by atoms with Crippen LogP contribution in [0.3, 0.4) is 0 Å². The Balaban J connectivity index is 2.10. The first-order valence-electron chi connectivity index (χ1n) is 5.18. The second kappa shape index (κ2) is 5.07. The van der Waals surface area contributed by atoms with Gasteiger partial charge < -0.3 is 16.4 Å². The molecule has 0 unspecified atom stereocenters. The molecule has 1 heterocycles. The molecule has 0 aliphatic heterocycles. The lowest BCUT2D eigenvalue weighted by molar-refractivity contribution is 0.305. The summed E-state index contributed by atoms with van der Waals surface area (Å²) in [5, 5.41) is 3.54. The van der Waals surface area contributed by atoms with Crippen LogP contribution in [0.25, 0.3) is 0 Å². The topological polar surface area (TPSA) is 78.6 Å². The third-order valence-electron chi connectivity index (χ3n) is 2.32. The van der Waals surface area contributed by atoms with Crippen LogP contribution in [0.1, 0.15) is 5.56 Å². The van der Waals surface area contributed by atoms with E-state index in [1.807, 2.05) is 30.3 Å². The molecule has 0 fully saturated rings. The Hall–Kier alpha value is -2.43. The zero-order valence-electron chi connectivity index (χ0n) is 9.28. The SMILES string of the molecule is N/N=c1/cc(OCc2ccccc2)ccn1N. The number of nitrogens with two attached hydrogens (primary N) is 2. The van der Waals surface area contributed by atoms with E-state index in [1.165, 1.54) is 4.68 Å². The molecule has 2 aromatic rings. The van der Waals surface area contributed by atoms with Crippen molar-refractivity contribution in [3.63, 3.8) is 0 Å².